The quantitative estimate of drug-likeness (QED) is 0.661. The predicted octanol–water partition coefficient (Wildman–Crippen LogP) is -0.538. The van der Waals surface area contributed by atoms with Gasteiger partial charge in [0, 0.05) is 13.1 Å². The Balaban J connectivity index is 2.26. The van der Waals surface area contributed by atoms with E-state index in [1.165, 1.54) is 6.42 Å². The Bertz CT molecular complexity index is 235. The number of rotatable bonds is 3. The van der Waals surface area contributed by atoms with Crippen molar-refractivity contribution in [3.8, 4) is 0 Å². The highest BCUT2D eigenvalue weighted by Crippen LogP contribution is 2.08. The molecule has 15 heavy (non-hydrogen) atoms. The van der Waals surface area contributed by atoms with Gasteiger partial charge in [-0.1, -0.05) is 0 Å². The minimum absolute atomic E-state index is 0.0105. The molecule has 0 aromatic carbocycles. The van der Waals surface area contributed by atoms with Crippen LogP contribution in [0.4, 0.5) is 0 Å². The first-order chi connectivity index (χ1) is 7.11. The number of hydrogen-bond donors (Lipinski definition) is 2. The molecule has 0 radical (unpaired) electrons. The average molecular weight is 213 g/mol. The van der Waals surface area contributed by atoms with E-state index in [0.29, 0.717) is 0 Å². The van der Waals surface area contributed by atoms with Gasteiger partial charge in [0.2, 0.25) is 11.8 Å². The van der Waals surface area contributed by atoms with Crippen molar-refractivity contribution >= 4 is 11.8 Å². The van der Waals surface area contributed by atoms with Crippen LogP contribution < -0.4 is 11.1 Å². The number of nitrogens with zero attached hydrogens (tertiary/aromatic N) is 1. The molecule has 0 aromatic rings. The summed E-state index contributed by atoms with van der Waals surface area (Å²) in [6.07, 6.45) is 3.32. The second kappa shape index (κ2) is 5.70. The minimum Gasteiger partial charge on any atom is -0.346 e. The maximum Gasteiger partial charge on any atom is 0.241 e. The molecule has 0 bridgehead atoms. The Morgan fingerprint density at radius 2 is 1.93 bits per heavy atom. The van der Waals surface area contributed by atoms with E-state index < -0.39 is 6.04 Å². The SMILES string of the molecule is C[C@H](N)C(=O)NCC(=O)N1CCCCC1. The van der Waals surface area contributed by atoms with Crippen LogP contribution in [0.25, 0.3) is 0 Å². The topological polar surface area (TPSA) is 75.4 Å². The van der Waals surface area contributed by atoms with Crippen LogP contribution in [-0.4, -0.2) is 42.4 Å². The molecule has 0 unspecified atom stereocenters. The van der Waals surface area contributed by atoms with Crippen molar-refractivity contribution in [1.29, 1.82) is 0 Å². The molecule has 1 rings (SSSR count). The molecule has 0 spiro atoms. The zero-order chi connectivity index (χ0) is 11.3. The van der Waals surface area contributed by atoms with Gasteiger partial charge < -0.3 is 16.0 Å². The predicted molar refractivity (Wildman–Crippen MR) is 57.1 cm³/mol. The van der Waals surface area contributed by atoms with Crippen LogP contribution in [0.2, 0.25) is 0 Å². The lowest BCUT2D eigenvalue weighted by molar-refractivity contribution is -0.133. The summed E-state index contributed by atoms with van der Waals surface area (Å²) in [6, 6.07) is -0.556. The number of amides is 2. The summed E-state index contributed by atoms with van der Waals surface area (Å²) in [4.78, 5) is 24.5. The third-order valence-corrected chi connectivity index (χ3v) is 2.54. The molecule has 3 N–H and O–H groups in total. The largest absolute Gasteiger partial charge is 0.346 e. The van der Waals surface area contributed by atoms with E-state index in [-0.39, 0.29) is 18.4 Å². The number of carbonyl (C=O) groups excluding carboxylic acids is 2. The first kappa shape index (κ1) is 12.0. The summed E-state index contributed by atoms with van der Waals surface area (Å²) in [7, 11) is 0. The Kier molecular flexibility index (Phi) is 4.55. The van der Waals surface area contributed by atoms with Crippen LogP contribution >= 0.6 is 0 Å². The third-order valence-electron chi connectivity index (χ3n) is 2.54. The first-order valence-electron chi connectivity index (χ1n) is 5.42. The van der Waals surface area contributed by atoms with E-state index in [2.05, 4.69) is 5.32 Å². The van der Waals surface area contributed by atoms with Crippen molar-refractivity contribution in [2.45, 2.75) is 32.2 Å². The second-order valence-corrected chi connectivity index (χ2v) is 3.95. The molecular weight excluding hydrogens is 194 g/mol. The smallest absolute Gasteiger partial charge is 0.241 e. The van der Waals surface area contributed by atoms with Crippen molar-refractivity contribution in [3.63, 3.8) is 0 Å². The second-order valence-electron chi connectivity index (χ2n) is 3.95. The van der Waals surface area contributed by atoms with Crippen LogP contribution in [-0.2, 0) is 9.59 Å². The monoisotopic (exact) mass is 213 g/mol. The summed E-state index contributed by atoms with van der Waals surface area (Å²) in [5.41, 5.74) is 5.36. The van der Waals surface area contributed by atoms with Gasteiger partial charge in [-0.2, -0.15) is 0 Å². The van der Waals surface area contributed by atoms with Gasteiger partial charge in [0.05, 0.1) is 12.6 Å². The molecule has 1 aliphatic heterocycles. The average Bonchev–Trinajstić information content (AvgIpc) is 2.26. The summed E-state index contributed by atoms with van der Waals surface area (Å²) < 4.78 is 0. The fraction of sp³-hybridized carbons (Fsp3) is 0.800. The van der Waals surface area contributed by atoms with Gasteiger partial charge in [-0.3, -0.25) is 9.59 Å². The van der Waals surface area contributed by atoms with Gasteiger partial charge in [-0.15, -0.1) is 0 Å². The third kappa shape index (κ3) is 3.87. The molecule has 86 valence electrons. The van der Waals surface area contributed by atoms with E-state index >= 15 is 0 Å². The van der Waals surface area contributed by atoms with Crippen LogP contribution in [0.5, 0.6) is 0 Å². The lowest BCUT2D eigenvalue weighted by atomic mass is 10.1. The fourth-order valence-corrected chi connectivity index (χ4v) is 1.58. The Morgan fingerprint density at radius 1 is 1.33 bits per heavy atom. The minimum atomic E-state index is -0.556. The van der Waals surface area contributed by atoms with Crippen LogP contribution in [0, 0.1) is 0 Å². The Labute approximate surface area is 90.0 Å². The summed E-state index contributed by atoms with van der Waals surface area (Å²) in [6.45, 7) is 3.29. The molecule has 1 heterocycles. The van der Waals surface area contributed by atoms with E-state index in [0.717, 1.165) is 25.9 Å². The molecule has 1 saturated heterocycles. The molecule has 1 fully saturated rings. The van der Waals surface area contributed by atoms with E-state index in [4.69, 9.17) is 5.73 Å². The molecule has 0 saturated carbocycles. The molecule has 1 atom stereocenters. The van der Waals surface area contributed by atoms with Gasteiger partial charge in [-0.05, 0) is 26.2 Å². The normalized spacial score (nSPS) is 18.4. The van der Waals surface area contributed by atoms with E-state index in [1.54, 1.807) is 11.8 Å². The van der Waals surface area contributed by atoms with Crippen molar-refractivity contribution in [2.75, 3.05) is 19.6 Å². The zero-order valence-corrected chi connectivity index (χ0v) is 9.16. The standard InChI is InChI=1S/C10H19N3O2/c1-8(11)10(15)12-7-9(14)13-5-3-2-4-6-13/h8H,2-7,11H2,1H3,(H,12,15)/t8-/m0/s1. The van der Waals surface area contributed by atoms with Crippen molar-refractivity contribution in [3.05, 3.63) is 0 Å². The molecule has 0 aromatic heterocycles. The molecule has 1 aliphatic rings. The van der Waals surface area contributed by atoms with Gasteiger partial charge in [0.15, 0.2) is 0 Å². The molecule has 2 amide bonds. The lowest BCUT2D eigenvalue weighted by Crippen LogP contribution is -2.46. The maximum absolute atomic E-state index is 11.6. The van der Waals surface area contributed by atoms with Gasteiger partial charge in [-0.25, -0.2) is 0 Å². The van der Waals surface area contributed by atoms with Crippen molar-refractivity contribution < 1.29 is 9.59 Å². The van der Waals surface area contributed by atoms with Crippen molar-refractivity contribution in [2.24, 2.45) is 5.73 Å². The zero-order valence-electron chi connectivity index (χ0n) is 9.16. The van der Waals surface area contributed by atoms with Gasteiger partial charge >= 0.3 is 0 Å². The highest BCUT2D eigenvalue weighted by atomic mass is 16.2. The van der Waals surface area contributed by atoms with Crippen LogP contribution in [0.1, 0.15) is 26.2 Å². The number of hydrogen-bond acceptors (Lipinski definition) is 3. The van der Waals surface area contributed by atoms with Gasteiger partial charge in [0.25, 0.3) is 0 Å². The first-order valence-corrected chi connectivity index (χ1v) is 5.42. The number of nitrogens with one attached hydrogen (secondary N) is 1. The van der Waals surface area contributed by atoms with E-state index in [9.17, 15) is 9.59 Å². The summed E-state index contributed by atoms with van der Waals surface area (Å²) in [5, 5.41) is 2.52. The van der Waals surface area contributed by atoms with Crippen LogP contribution in [0.3, 0.4) is 0 Å². The summed E-state index contributed by atoms with van der Waals surface area (Å²) in [5.74, 6) is -0.288. The molecule has 0 aliphatic carbocycles. The molecule has 5 heteroatoms. The van der Waals surface area contributed by atoms with E-state index in [1.807, 2.05) is 0 Å². The Hall–Kier alpha value is -1.10. The maximum atomic E-state index is 11.6. The highest BCUT2D eigenvalue weighted by Gasteiger charge is 2.17. The van der Waals surface area contributed by atoms with Gasteiger partial charge in [0.1, 0.15) is 0 Å². The summed E-state index contributed by atoms with van der Waals surface area (Å²) >= 11 is 0. The fourth-order valence-electron chi connectivity index (χ4n) is 1.58. The van der Waals surface area contributed by atoms with Crippen molar-refractivity contribution in [1.82, 2.24) is 10.2 Å². The number of likely N-dealkylation sites (tertiary alicyclic amines) is 1. The molecular formula is C10H19N3O2. The lowest BCUT2D eigenvalue weighted by Gasteiger charge is -2.26. The van der Waals surface area contributed by atoms with Crippen LogP contribution in [0.15, 0.2) is 0 Å². The number of piperidine rings is 1. The number of carbonyl (C=O) groups is 2. The Morgan fingerprint density at radius 3 is 2.47 bits per heavy atom. The molecule has 5 nitrogen and oxygen atoms in total. The number of nitrogens with two attached hydrogens (primary N) is 1. The highest BCUT2D eigenvalue weighted by molar-refractivity contribution is 5.87.